The van der Waals surface area contributed by atoms with E-state index in [1.165, 1.54) is 12.8 Å². The fraction of sp³-hybridized carbons (Fsp3) is 0.667. The molecule has 0 spiro atoms. The molecule has 2 heterocycles. The summed E-state index contributed by atoms with van der Waals surface area (Å²) in [6.45, 7) is 12.8. The average molecular weight is 303 g/mol. The molecule has 0 bridgehead atoms. The number of rotatable bonds is 4. The van der Waals surface area contributed by atoms with E-state index < -0.39 is 0 Å². The summed E-state index contributed by atoms with van der Waals surface area (Å²) >= 11 is 0. The summed E-state index contributed by atoms with van der Waals surface area (Å²) < 4.78 is 0. The van der Waals surface area contributed by atoms with Gasteiger partial charge in [-0.1, -0.05) is 26.8 Å². The zero-order valence-corrected chi connectivity index (χ0v) is 14.6. The van der Waals surface area contributed by atoms with Crippen LogP contribution < -0.4 is 10.2 Å². The van der Waals surface area contributed by atoms with Crippen molar-refractivity contribution in [2.75, 3.05) is 18.0 Å². The van der Waals surface area contributed by atoms with E-state index in [0.717, 1.165) is 25.3 Å². The van der Waals surface area contributed by atoms with E-state index in [1.54, 1.807) is 6.07 Å². The van der Waals surface area contributed by atoms with Crippen molar-refractivity contribution in [2.45, 2.75) is 59.4 Å². The zero-order chi connectivity index (χ0) is 16.4. The van der Waals surface area contributed by atoms with Gasteiger partial charge in [0.25, 0.3) is 5.91 Å². The topological polar surface area (TPSA) is 45.2 Å². The molecule has 122 valence electrons. The van der Waals surface area contributed by atoms with Gasteiger partial charge in [0.2, 0.25) is 0 Å². The second-order valence-corrected chi connectivity index (χ2v) is 8.15. The third-order valence-corrected chi connectivity index (χ3v) is 3.82. The summed E-state index contributed by atoms with van der Waals surface area (Å²) in [6, 6.07) is 5.71. The van der Waals surface area contributed by atoms with Gasteiger partial charge in [-0.3, -0.25) is 4.79 Å². The van der Waals surface area contributed by atoms with Gasteiger partial charge < -0.3 is 10.2 Å². The van der Waals surface area contributed by atoms with Crippen molar-refractivity contribution in [1.82, 2.24) is 10.3 Å². The first-order valence-electron chi connectivity index (χ1n) is 8.21. The maximum Gasteiger partial charge on any atom is 0.270 e. The van der Waals surface area contributed by atoms with Crippen molar-refractivity contribution >= 4 is 11.7 Å². The fourth-order valence-corrected chi connectivity index (χ4v) is 3.41. The van der Waals surface area contributed by atoms with Crippen LogP contribution in [0.15, 0.2) is 18.2 Å². The third-order valence-electron chi connectivity index (χ3n) is 3.82. The van der Waals surface area contributed by atoms with Gasteiger partial charge in [-0.05, 0) is 50.7 Å². The van der Waals surface area contributed by atoms with Gasteiger partial charge >= 0.3 is 0 Å². The second kappa shape index (κ2) is 6.27. The van der Waals surface area contributed by atoms with Crippen LogP contribution in [-0.4, -0.2) is 29.5 Å². The molecule has 2 rings (SSSR count). The molecule has 1 saturated heterocycles. The molecular weight excluding hydrogens is 274 g/mol. The lowest BCUT2D eigenvalue weighted by Crippen LogP contribution is -2.46. The molecule has 1 aliphatic heterocycles. The normalized spacial score (nSPS) is 16.0. The van der Waals surface area contributed by atoms with Crippen LogP contribution in [-0.2, 0) is 0 Å². The van der Waals surface area contributed by atoms with Crippen LogP contribution in [0, 0.1) is 5.41 Å². The summed E-state index contributed by atoms with van der Waals surface area (Å²) in [5.41, 5.74) is 0.425. The van der Waals surface area contributed by atoms with Gasteiger partial charge in [0.15, 0.2) is 0 Å². The Morgan fingerprint density at radius 2 is 1.82 bits per heavy atom. The molecule has 4 heteroatoms. The Hall–Kier alpha value is -1.58. The summed E-state index contributed by atoms with van der Waals surface area (Å²) in [5.74, 6) is 0.828. The lowest BCUT2D eigenvalue weighted by atomic mass is 9.82. The molecule has 1 aromatic heterocycles. The predicted molar refractivity (Wildman–Crippen MR) is 91.3 cm³/mol. The summed E-state index contributed by atoms with van der Waals surface area (Å²) in [5, 5.41) is 3.13. The summed E-state index contributed by atoms with van der Waals surface area (Å²) in [6.07, 6.45) is 3.32. The molecular formula is C18H29N3O. The third kappa shape index (κ3) is 4.72. The predicted octanol–water partition coefficient (Wildman–Crippen LogP) is 3.63. The van der Waals surface area contributed by atoms with Crippen molar-refractivity contribution in [1.29, 1.82) is 0 Å². The van der Waals surface area contributed by atoms with E-state index in [4.69, 9.17) is 0 Å². The van der Waals surface area contributed by atoms with E-state index in [2.05, 4.69) is 49.8 Å². The van der Waals surface area contributed by atoms with Crippen molar-refractivity contribution in [2.24, 2.45) is 5.41 Å². The maximum absolute atomic E-state index is 12.5. The highest BCUT2D eigenvalue weighted by Gasteiger charge is 2.28. The van der Waals surface area contributed by atoms with Crippen LogP contribution in [0.5, 0.6) is 0 Å². The Kier molecular flexibility index (Phi) is 4.78. The molecule has 22 heavy (non-hydrogen) atoms. The number of carbonyl (C=O) groups excluding carboxylic acids is 1. The van der Waals surface area contributed by atoms with Crippen molar-refractivity contribution in [3.05, 3.63) is 23.9 Å². The summed E-state index contributed by atoms with van der Waals surface area (Å²) in [7, 11) is 0. The molecule has 1 amide bonds. The molecule has 0 unspecified atom stereocenters. The first-order chi connectivity index (χ1) is 10.2. The smallest absolute Gasteiger partial charge is 0.270 e. The average Bonchev–Trinajstić information content (AvgIpc) is 2.89. The van der Waals surface area contributed by atoms with E-state index in [-0.39, 0.29) is 16.9 Å². The number of hydrogen-bond donors (Lipinski definition) is 1. The molecule has 1 aliphatic rings. The molecule has 0 aliphatic carbocycles. The number of nitrogens with one attached hydrogen (secondary N) is 1. The number of hydrogen-bond acceptors (Lipinski definition) is 3. The van der Waals surface area contributed by atoms with Gasteiger partial charge in [0.05, 0.1) is 0 Å². The SMILES string of the molecule is CC(C)(C)CC(C)(C)NC(=O)c1cccc(N2CCCC2)n1. The molecule has 0 aromatic carbocycles. The number of amides is 1. The van der Waals surface area contributed by atoms with Gasteiger partial charge in [-0.15, -0.1) is 0 Å². The van der Waals surface area contributed by atoms with Crippen LogP contribution in [0.25, 0.3) is 0 Å². The van der Waals surface area contributed by atoms with Gasteiger partial charge in [0.1, 0.15) is 11.5 Å². The minimum absolute atomic E-state index is 0.0877. The Morgan fingerprint density at radius 3 is 2.41 bits per heavy atom. The number of anilines is 1. The van der Waals surface area contributed by atoms with Crippen LogP contribution in [0.1, 0.15) is 64.4 Å². The van der Waals surface area contributed by atoms with Gasteiger partial charge in [-0.25, -0.2) is 4.98 Å². The van der Waals surface area contributed by atoms with Crippen molar-refractivity contribution in [3.8, 4) is 0 Å². The Balaban J connectivity index is 2.07. The highest BCUT2D eigenvalue weighted by molar-refractivity contribution is 5.93. The number of carbonyl (C=O) groups is 1. The minimum atomic E-state index is -0.249. The first-order valence-corrected chi connectivity index (χ1v) is 8.21. The van der Waals surface area contributed by atoms with Gasteiger partial charge in [0, 0.05) is 18.6 Å². The van der Waals surface area contributed by atoms with Crippen LogP contribution in [0.4, 0.5) is 5.82 Å². The lowest BCUT2D eigenvalue weighted by Gasteiger charge is -2.33. The summed E-state index contributed by atoms with van der Waals surface area (Å²) in [4.78, 5) is 19.3. The Morgan fingerprint density at radius 1 is 1.18 bits per heavy atom. The van der Waals surface area contributed by atoms with Crippen LogP contribution in [0.3, 0.4) is 0 Å². The highest BCUT2D eigenvalue weighted by Crippen LogP contribution is 2.27. The van der Waals surface area contributed by atoms with Crippen molar-refractivity contribution in [3.63, 3.8) is 0 Å². The fourth-order valence-electron chi connectivity index (χ4n) is 3.41. The number of pyridine rings is 1. The lowest BCUT2D eigenvalue weighted by molar-refractivity contribution is 0.0886. The molecule has 4 nitrogen and oxygen atoms in total. The minimum Gasteiger partial charge on any atom is -0.357 e. The number of nitrogens with zero attached hydrogens (tertiary/aromatic N) is 2. The largest absolute Gasteiger partial charge is 0.357 e. The van der Waals surface area contributed by atoms with E-state index >= 15 is 0 Å². The quantitative estimate of drug-likeness (QED) is 0.924. The van der Waals surface area contributed by atoms with Crippen LogP contribution in [0.2, 0.25) is 0 Å². The molecule has 1 fully saturated rings. The van der Waals surface area contributed by atoms with Gasteiger partial charge in [-0.2, -0.15) is 0 Å². The standard InChI is InChI=1S/C18H29N3O/c1-17(2,3)13-18(4,5)20-16(22)14-9-8-10-15(19-14)21-11-6-7-12-21/h8-10H,6-7,11-13H2,1-5H3,(H,20,22). The van der Waals surface area contributed by atoms with Crippen molar-refractivity contribution < 1.29 is 4.79 Å². The zero-order valence-electron chi connectivity index (χ0n) is 14.6. The van der Waals surface area contributed by atoms with Crippen LogP contribution >= 0.6 is 0 Å². The maximum atomic E-state index is 12.5. The Bertz CT molecular complexity index is 525. The Labute approximate surface area is 134 Å². The molecule has 0 radical (unpaired) electrons. The molecule has 0 saturated carbocycles. The van der Waals surface area contributed by atoms with E-state index in [1.807, 2.05) is 12.1 Å². The number of aromatic nitrogens is 1. The second-order valence-electron chi connectivity index (χ2n) is 8.15. The first kappa shape index (κ1) is 16.8. The molecule has 1 N–H and O–H groups in total. The monoisotopic (exact) mass is 303 g/mol. The molecule has 1 aromatic rings. The van der Waals surface area contributed by atoms with E-state index in [0.29, 0.717) is 5.69 Å². The van der Waals surface area contributed by atoms with E-state index in [9.17, 15) is 4.79 Å². The highest BCUT2D eigenvalue weighted by atomic mass is 16.2. The molecule has 0 atom stereocenters.